The zero-order chi connectivity index (χ0) is 37.1. The van der Waals surface area contributed by atoms with Crippen molar-refractivity contribution in [2.24, 2.45) is 43.6 Å². The molecule has 2 saturated carbocycles. The lowest BCUT2D eigenvalue weighted by Crippen LogP contribution is -2.64. The fourth-order valence-corrected chi connectivity index (χ4v) is 9.35. The first-order valence-electron chi connectivity index (χ1n) is 18.2. The van der Waals surface area contributed by atoms with E-state index in [1.165, 1.54) is 0 Å². The SMILES string of the molecule is C[C@]12CC[C@@H](OC3OC(CO)C(O)C(O)C3O)[C@@](C)(CO)C1CC1=Nc3nccn3CC1C2/C=C/C1=CC(=C\c2ccc(C3=NCC=N3)cc2)/OC1=O. The van der Waals surface area contributed by atoms with Crippen LogP contribution in [0.3, 0.4) is 0 Å². The van der Waals surface area contributed by atoms with E-state index in [0.29, 0.717) is 55.5 Å². The minimum absolute atomic E-state index is 0.000385. The number of amidine groups is 1. The summed E-state index contributed by atoms with van der Waals surface area (Å²) >= 11 is 0. The van der Waals surface area contributed by atoms with Crippen molar-refractivity contribution in [1.82, 2.24) is 9.55 Å². The molecule has 11 atom stereocenters. The number of carbonyl (C=O) groups is 1. The Balaban J connectivity index is 1.08. The quantitative estimate of drug-likeness (QED) is 0.198. The van der Waals surface area contributed by atoms with Gasteiger partial charge in [0.25, 0.3) is 0 Å². The molecule has 2 aliphatic carbocycles. The van der Waals surface area contributed by atoms with Crippen LogP contribution in [0.5, 0.6) is 0 Å². The highest BCUT2D eigenvalue weighted by atomic mass is 16.7. The smallest absolute Gasteiger partial charge is 0.343 e. The highest BCUT2D eigenvalue weighted by Gasteiger charge is 2.61. The van der Waals surface area contributed by atoms with Crippen LogP contribution in [0.25, 0.3) is 6.08 Å². The Hall–Kier alpha value is -4.15. The monoisotopic (exact) mass is 727 g/mol. The second kappa shape index (κ2) is 13.9. The summed E-state index contributed by atoms with van der Waals surface area (Å²) in [4.78, 5) is 31.3. The van der Waals surface area contributed by atoms with Crippen LogP contribution < -0.4 is 0 Å². The molecule has 14 nitrogen and oxygen atoms in total. The highest BCUT2D eigenvalue weighted by molar-refractivity contribution is 6.06. The number of cyclic esters (lactones) is 1. The molecule has 0 bridgehead atoms. The summed E-state index contributed by atoms with van der Waals surface area (Å²) in [5.41, 5.74) is 1.93. The number of allylic oxidation sites excluding steroid dienone is 2. The number of esters is 1. The second-order valence-corrected chi connectivity index (χ2v) is 15.4. The molecule has 0 spiro atoms. The Morgan fingerprint density at radius 3 is 2.64 bits per heavy atom. The Morgan fingerprint density at radius 1 is 1.09 bits per heavy atom. The van der Waals surface area contributed by atoms with Gasteiger partial charge in [-0.3, -0.25) is 4.99 Å². The maximum Gasteiger partial charge on any atom is 0.343 e. The van der Waals surface area contributed by atoms with Crippen molar-refractivity contribution >= 4 is 35.8 Å². The van der Waals surface area contributed by atoms with Gasteiger partial charge in [-0.25, -0.2) is 19.8 Å². The van der Waals surface area contributed by atoms with Crippen molar-refractivity contribution in [3.8, 4) is 0 Å². The molecule has 0 amide bonds. The first-order chi connectivity index (χ1) is 25.5. The van der Waals surface area contributed by atoms with Crippen LogP contribution in [-0.4, -0.2) is 115 Å². The molecule has 2 aromatic rings. The molecule has 8 rings (SSSR count). The molecule has 1 saturated heterocycles. The van der Waals surface area contributed by atoms with Crippen LogP contribution in [0.1, 0.15) is 44.2 Å². The first-order valence-corrected chi connectivity index (χ1v) is 18.2. The van der Waals surface area contributed by atoms with Crippen LogP contribution in [-0.2, 0) is 25.5 Å². The summed E-state index contributed by atoms with van der Waals surface area (Å²) in [6.45, 7) is 4.62. The van der Waals surface area contributed by atoms with E-state index >= 15 is 0 Å². The van der Waals surface area contributed by atoms with Crippen molar-refractivity contribution in [2.75, 3.05) is 19.8 Å². The minimum atomic E-state index is -1.58. The number of rotatable bonds is 8. The van der Waals surface area contributed by atoms with Gasteiger partial charge in [-0.2, -0.15) is 0 Å². The molecular formula is C39H45N5O9. The first kappa shape index (κ1) is 35.9. The van der Waals surface area contributed by atoms with Crippen LogP contribution in [0.15, 0.2) is 81.2 Å². The highest BCUT2D eigenvalue weighted by Crippen LogP contribution is 2.62. The van der Waals surface area contributed by atoms with Gasteiger partial charge >= 0.3 is 5.97 Å². The number of hydrogen-bond donors (Lipinski definition) is 5. The lowest BCUT2D eigenvalue weighted by molar-refractivity contribution is -0.329. The van der Waals surface area contributed by atoms with Gasteiger partial charge in [0.05, 0.1) is 31.4 Å². The molecule has 53 heavy (non-hydrogen) atoms. The number of aliphatic hydroxyl groups excluding tert-OH is 5. The molecule has 280 valence electrons. The van der Waals surface area contributed by atoms with Crippen LogP contribution >= 0.6 is 0 Å². The summed E-state index contributed by atoms with van der Waals surface area (Å²) in [6, 6.07) is 7.74. The number of fused-ring (bicyclic) bond motifs is 3. The predicted octanol–water partition coefficient (Wildman–Crippen LogP) is 2.12. The van der Waals surface area contributed by atoms with E-state index in [1.54, 1.807) is 18.5 Å². The Labute approximate surface area is 306 Å². The summed E-state index contributed by atoms with van der Waals surface area (Å²) in [5, 5.41) is 52.5. The van der Waals surface area contributed by atoms with Crippen molar-refractivity contribution in [2.45, 2.75) is 76.5 Å². The van der Waals surface area contributed by atoms with Gasteiger partial charge in [-0.1, -0.05) is 50.3 Å². The second-order valence-electron chi connectivity index (χ2n) is 15.4. The number of hydrogen-bond acceptors (Lipinski definition) is 13. The largest absolute Gasteiger partial charge is 0.423 e. The number of benzene rings is 1. The maximum absolute atomic E-state index is 13.2. The Bertz CT molecular complexity index is 1930. The molecular weight excluding hydrogens is 682 g/mol. The summed E-state index contributed by atoms with van der Waals surface area (Å²) in [7, 11) is 0. The zero-order valence-corrected chi connectivity index (χ0v) is 29.6. The van der Waals surface area contributed by atoms with Gasteiger partial charge in [-0.15, -0.1) is 0 Å². The minimum Gasteiger partial charge on any atom is -0.423 e. The van der Waals surface area contributed by atoms with E-state index in [4.69, 9.17) is 19.2 Å². The van der Waals surface area contributed by atoms with Gasteiger partial charge in [0, 0.05) is 47.8 Å². The summed E-state index contributed by atoms with van der Waals surface area (Å²) < 4.78 is 19.8. The van der Waals surface area contributed by atoms with Crippen LogP contribution in [0.2, 0.25) is 0 Å². The van der Waals surface area contributed by atoms with E-state index in [2.05, 4.69) is 28.0 Å². The zero-order valence-electron chi connectivity index (χ0n) is 29.6. The maximum atomic E-state index is 13.2. The van der Waals surface area contributed by atoms with Gasteiger partial charge in [0.1, 0.15) is 30.2 Å². The van der Waals surface area contributed by atoms with Crippen molar-refractivity contribution < 1.29 is 44.5 Å². The molecule has 1 aromatic carbocycles. The van der Waals surface area contributed by atoms with E-state index in [1.807, 2.05) is 54.1 Å². The Kier molecular flexibility index (Phi) is 9.42. The van der Waals surface area contributed by atoms with E-state index in [-0.39, 0.29) is 29.8 Å². The third-order valence-corrected chi connectivity index (χ3v) is 12.4. The van der Waals surface area contributed by atoms with Gasteiger partial charge in [0.2, 0.25) is 5.95 Å². The van der Waals surface area contributed by atoms with E-state index in [9.17, 15) is 30.3 Å². The number of imidazole rings is 1. The fourth-order valence-electron chi connectivity index (χ4n) is 9.35. The van der Waals surface area contributed by atoms with Crippen molar-refractivity contribution in [3.63, 3.8) is 0 Å². The van der Waals surface area contributed by atoms with Crippen molar-refractivity contribution in [3.05, 3.63) is 77.3 Å². The van der Waals surface area contributed by atoms with Gasteiger partial charge in [0.15, 0.2) is 12.1 Å². The summed E-state index contributed by atoms with van der Waals surface area (Å²) in [5.74, 6) is 1.04. The molecule has 8 unspecified atom stereocenters. The molecule has 1 aromatic heterocycles. The topological polar surface area (TPSA) is 201 Å². The number of aliphatic imine (C=N–C) groups is 3. The standard InChI is InChI=1S/C39H45N5O9/c1-38-10-9-30(53-36-33(49)32(48)31(47)28(19-45)52-36)39(2,20-46)29(38)17-27-25(18-44-14-13-42-37(44)43-27)26(38)8-7-23-16-24(51-35(23)50)15-21-3-5-22(6-4-21)34-40-11-12-41-34/h3-8,11,13-16,25-26,28-33,36,45-49H,9-10,12,17-20H2,1-2H3/b8-7+,24-15+/t25?,26?,28?,29?,30-,31?,32?,33?,36?,38-,39+/m1/s1. The molecule has 4 aliphatic heterocycles. The Morgan fingerprint density at radius 2 is 1.91 bits per heavy atom. The molecule has 6 aliphatic rings. The molecule has 3 fully saturated rings. The predicted molar refractivity (Wildman–Crippen MR) is 193 cm³/mol. The van der Waals surface area contributed by atoms with Crippen LogP contribution in [0, 0.1) is 28.6 Å². The average molecular weight is 728 g/mol. The van der Waals surface area contributed by atoms with E-state index < -0.39 is 54.8 Å². The molecule has 5 heterocycles. The fraction of sp³-hybridized carbons (Fsp3) is 0.513. The number of ether oxygens (including phenoxy) is 3. The number of aromatic nitrogens is 2. The van der Waals surface area contributed by atoms with Gasteiger partial charge < -0.3 is 44.3 Å². The molecule has 14 heteroatoms. The average Bonchev–Trinajstić information content (AvgIpc) is 3.93. The molecule has 5 N–H and O–H groups in total. The normalized spacial score (nSPS) is 38.6. The number of nitrogens with zero attached hydrogens (tertiary/aromatic N) is 5. The third-order valence-electron chi connectivity index (χ3n) is 12.4. The van der Waals surface area contributed by atoms with Crippen molar-refractivity contribution in [1.29, 1.82) is 0 Å². The lowest BCUT2D eigenvalue weighted by atomic mass is 9.45. The summed E-state index contributed by atoms with van der Waals surface area (Å²) in [6.07, 6.45) is 6.97. The van der Waals surface area contributed by atoms with Crippen LogP contribution in [0.4, 0.5) is 5.95 Å². The molecule has 0 radical (unpaired) electrons. The third kappa shape index (κ3) is 6.25. The van der Waals surface area contributed by atoms with Gasteiger partial charge in [-0.05, 0) is 54.2 Å². The number of aliphatic hydroxyl groups is 5. The number of carbonyl (C=O) groups excluding carboxylic acids is 1. The lowest BCUT2D eigenvalue weighted by Gasteiger charge is -2.62. The van der Waals surface area contributed by atoms with E-state index in [0.717, 1.165) is 16.8 Å².